The Morgan fingerprint density at radius 3 is 2.71 bits per heavy atom. The van der Waals surface area contributed by atoms with Crippen LogP contribution in [0.3, 0.4) is 0 Å². The summed E-state index contributed by atoms with van der Waals surface area (Å²) < 4.78 is 0. The van der Waals surface area contributed by atoms with Crippen LogP contribution in [0.1, 0.15) is 44.2 Å². The normalized spacial score (nSPS) is 26.4. The molecule has 9 heteroatoms. The fraction of sp³-hybridized carbons (Fsp3) is 0.560. The predicted octanol–water partition coefficient (Wildman–Crippen LogP) is 4.97. The first kappa shape index (κ1) is 23.6. The van der Waals surface area contributed by atoms with Crippen LogP contribution in [0.5, 0.6) is 0 Å². The van der Waals surface area contributed by atoms with Crippen molar-refractivity contribution >= 4 is 40.8 Å². The van der Waals surface area contributed by atoms with Crippen LogP contribution in [0.15, 0.2) is 30.6 Å². The molecule has 2 saturated heterocycles. The van der Waals surface area contributed by atoms with Gasteiger partial charge in [-0.25, -0.2) is 4.98 Å². The highest BCUT2D eigenvalue weighted by molar-refractivity contribution is 6.35. The number of halogens is 2. The lowest BCUT2D eigenvalue weighted by Crippen LogP contribution is -2.56. The van der Waals surface area contributed by atoms with Crippen molar-refractivity contribution in [1.29, 1.82) is 0 Å². The average Bonchev–Trinajstić information content (AvgIpc) is 2.72. The number of nitrogens with one attached hydrogen (secondary N) is 1. The molecule has 182 valence electrons. The Morgan fingerprint density at radius 1 is 1.18 bits per heavy atom. The Morgan fingerprint density at radius 2 is 1.97 bits per heavy atom. The third kappa shape index (κ3) is 4.97. The standard InChI is InChI=1S/C25H31Cl2N5O2/c1-15(21-5-4-19(26)9-22(21)27)29-23-10-28-11-24(30-23)32-13-18(14-32)16-3-2-6-31(12-16)20-7-17(8-20)25(33)34/h4-5,9-11,15-18,20H,2-3,6-8,12-14H2,1H3,(H,29,30)(H,33,34)/t15-,16-,17-,20-/m1/s1. The Labute approximate surface area is 210 Å². The zero-order valence-corrected chi connectivity index (χ0v) is 20.8. The second-order valence-corrected chi connectivity index (χ2v) is 10.9. The number of carboxylic acids is 1. The van der Waals surface area contributed by atoms with Gasteiger partial charge in [-0.3, -0.25) is 9.78 Å². The SMILES string of the molecule is C[C@@H](Nc1cncc(N2CC([C@@H]3CCCN([C@H]4C[C@H](C(=O)O)C4)C3)C2)n1)c1ccc(Cl)cc1Cl. The van der Waals surface area contributed by atoms with Gasteiger partial charge in [0.05, 0.1) is 24.4 Å². The maximum absolute atomic E-state index is 11.1. The Bertz CT molecular complexity index is 1040. The van der Waals surface area contributed by atoms with Crippen LogP contribution in [0, 0.1) is 17.8 Å². The largest absolute Gasteiger partial charge is 0.481 e. The van der Waals surface area contributed by atoms with E-state index in [4.69, 9.17) is 28.2 Å². The molecule has 1 aromatic carbocycles. The van der Waals surface area contributed by atoms with E-state index in [-0.39, 0.29) is 12.0 Å². The first-order valence-corrected chi connectivity index (χ1v) is 12.9. The molecule has 0 unspecified atom stereocenters. The topological polar surface area (TPSA) is 81.6 Å². The number of aliphatic carboxylic acids is 1. The number of benzene rings is 1. The summed E-state index contributed by atoms with van der Waals surface area (Å²) in [4.78, 5) is 25.2. The lowest BCUT2D eigenvalue weighted by atomic mass is 9.76. The monoisotopic (exact) mass is 503 g/mol. The number of anilines is 2. The molecule has 5 rings (SSSR count). The maximum Gasteiger partial charge on any atom is 0.306 e. The van der Waals surface area contributed by atoms with Crippen LogP contribution >= 0.6 is 23.2 Å². The maximum atomic E-state index is 11.1. The van der Waals surface area contributed by atoms with E-state index in [1.807, 2.05) is 25.3 Å². The van der Waals surface area contributed by atoms with E-state index in [0.717, 1.165) is 56.2 Å². The van der Waals surface area contributed by atoms with E-state index in [2.05, 4.69) is 20.1 Å². The highest BCUT2D eigenvalue weighted by atomic mass is 35.5. The molecule has 0 radical (unpaired) electrons. The zero-order chi connectivity index (χ0) is 23.8. The van der Waals surface area contributed by atoms with Gasteiger partial charge in [0, 0.05) is 35.7 Å². The molecular weight excluding hydrogens is 473 g/mol. The molecule has 2 aliphatic heterocycles. The quantitative estimate of drug-likeness (QED) is 0.551. The fourth-order valence-corrected chi connectivity index (χ4v) is 6.14. The molecule has 3 aliphatic rings. The van der Waals surface area contributed by atoms with E-state index < -0.39 is 5.97 Å². The number of likely N-dealkylation sites (tertiary alicyclic amines) is 1. The summed E-state index contributed by atoms with van der Waals surface area (Å²) in [5.74, 6) is 2.18. The van der Waals surface area contributed by atoms with Crippen molar-refractivity contribution in [3.8, 4) is 0 Å². The molecule has 7 nitrogen and oxygen atoms in total. The van der Waals surface area contributed by atoms with Crippen LogP contribution in [0.4, 0.5) is 11.6 Å². The number of hydrogen-bond donors (Lipinski definition) is 2. The number of rotatable bonds is 7. The Kier molecular flexibility index (Phi) is 6.87. The molecule has 0 spiro atoms. The zero-order valence-electron chi connectivity index (χ0n) is 19.3. The van der Waals surface area contributed by atoms with Crippen molar-refractivity contribution in [2.45, 2.75) is 44.7 Å². The third-order valence-electron chi connectivity index (χ3n) is 7.78. The molecule has 3 fully saturated rings. The van der Waals surface area contributed by atoms with E-state index in [1.54, 1.807) is 12.3 Å². The summed E-state index contributed by atoms with van der Waals surface area (Å²) in [5, 5.41) is 13.8. The van der Waals surface area contributed by atoms with Gasteiger partial charge < -0.3 is 20.2 Å². The van der Waals surface area contributed by atoms with Crippen molar-refractivity contribution < 1.29 is 9.90 Å². The van der Waals surface area contributed by atoms with E-state index in [9.17, 15) is 9.90 Å². The van der Waals surface area contributed by atoms with Crippen molar-refractivity contribution in [1.82, 2.24) is 14.9 Å². The summed E-state index contributed by atoms with van der Waals surface area (Å²) in [5.41, 5.74) is 0.963. The molecule has 0 amide bonds. The first-order chi connectivity index (χ1) is 16.4. The van der Waals surface area contributed by atoms with E-state index >= 15 is 0 Å². The van der Waals surface area contributed by atoms with Gasteiger partial charge >= 0.3 is 5.97 Å². The second-order valence-electron chi connectivity index (χ2n) is 10.0. The number of hydrogen-bond acceptors (Lipinski definition) is 6. The summed E-state index contributed by atoms with van der Waals surface area (Å²) in [6.45, 7) is 6.25. The first-order valence-electron chi connectivity index (χ1n) is 12.1. The number of nitrogens with zero attached hydrogens (tertiary/aromatic N) is 4. The summed E-state index contributed by atoms with van der Waals surface area (Å²) in [7, 11) is 0. The minimum atomic E-state index is -0.636. The molecule has 2 N–H and O–H groups in total. The number of piperidine rings is 1. The highest BCUT2D eigenvalue weighted by Crippen LogP contribution is 2.38. The molecular formula is C25H31Cl2N5O2. The Hall–Kier alpha value is -2.09. The molecule has 1 aliphatic carbocycles. The molecule has 34 heavy (non-hydrogen) atoms. The highest BCUT2D eigenvalue weighted by Gasteiger charge is 2.42. The van der Waals surface area contributed by atoms with Crippen LogP contribution < -0.4 is 10.2 Å². The van der Waals surface area contributed by atoms with Crippen LogP contribution in [-0.4, -0.2) is 58.2 Å². The fourth-order valence-electron chi connectivity index (χ4n) is 5.57. The van der Waals surface area contributed by atoms with Gasteiger partial charge in [0.1, 0.15) is 11.6 Å². The summed E-state index contributed by atoms with van der Waals surface area (Å²) in [6, 6.07) is 5.95. The number of aromatic nitrogens is 2. The lowest BCUT2D eigenvalue weighted by molar-refractivity contribution is -0.147. The van der Waals surface area contributed by atoms with Gasteiger partial charge in [-0.05, 0) is 68.7 Å². The van der Waals surface area contributed by atoms with Gasteiger partial charge in [-0.1, -0.05) is 29.3 Å². The average molecular weight is 504 g/mol. The molecule has 1 saturated carbocycles. The van der Waals surface area contributed by atoms with Crippen LogP contribution in [0.2, 0.25) is 10.0 Å². The van der Waals surface area contributed by atoms with E-state index in [0.29, 0.717) is 27.9 Å². The van der Waals surface area contributed by atoms with Crippen molar-refractivity contribution in [2.24, 2.45) is 17.8 Å². The minimum absolute atomic E-state index is 0.0288. The number of carboxylic acid groups (broad SMARTS) is 1. The van der Waals surface area contributed by atoms with Gasteiger partial charge in [0.25, 0.3) is 0 Å². The van der Waals surface area contributed by atoms with Gasteiger partial charge in [-0.15, -0.1) is 0 Å². The predicted molar refractivity (Wildman–Crippen MR) is 135 cm³/mol. The second kappa shape index (κ2) is 9.88. The van der Waals surface area contributed by atoms with Gasteiger partial charge in [0.2, 0.25) is 0 Å². The van der Waals surface area contributed by atoms with Gasteiger partial charge in [-0.2, -0.15) is 0 Å². The lowest BCUT2D eigenvalue weighted by Gasteiger charge is -2.50. The van der Waals surface area contributed by atoms with Crippen molar-refractivity contribution in [3.63, 3.8) is 0 Å². The molecule has 0 bridgehead atoms. The van der Waals surface area contributed by atoms with E-state index in [1.165, 1.54) is 12.8 Å². The van der Waals surface area contributed by atoms with Gasteiger partial charge in [0.15, 0.2) is 0 Å². The molecule has 2 aromatic rings. The third-order valence-corrected chi connectivity index (χ3v) is 8.35. The summed E-state index contributed by atoms with van der Waals surface area (Å²) in [6.07, 6.45) is 7.66. The molecule has 3 heterocycles. The molecule has 1 aromatic heterocycles. The minimum Gasteiger partial charge on any atom is -0.481 e. The van der Waals surface area contributed by atoms with Crippen molar-refractivity contribution in [2.75, 3.05) is 36.4 Å². The van der Waals surface area contributed by atoms with Crippen LogP contribution in [0.25, 0.3) is 0 Å². The number of carbonyl (C=O) groups is 1. The van der Waals surface area contributed by atoms with Crippen LogP contribution in [-0.2, 0) is 4.79 Å². The van der Waals surface area contributed by atoms with Crippen molar-refractivity contribution in [3.05, 3.63) is 46.2 Å². The molecule has 2 atom stereocenters. The smallest absolute Gasteiger partial charge is 0.306 e. The summed E-state index contributed by atoms with van der Waals surface area (Å²) >= 11 is 12.4. The Balaban J connectivity index is 1.14.